The van der Waals surface area contributed by atoms with Crippen LogP contribution in [0.25, 0.3) is 0 Å². The Morgan fingerprint density at radius 3 is 2.57 bits per heavy atom. The molecule has 156 valence electrons. The first kappa shape index (κ1) is 20.4. The molecule has 4 rings (SSSR count). The molecule has 0 bridgehead atoms. The molecule has 2 unspecified atom stereocenters. The number of fused-ring (bicyclic) bond motifs is 1. The monoisotopic (exact) mass is 425 g/mol. The molecule has 2 aromatic rings. The molecule has 0 aromatic heterocycles. The normalized spacial score (nSPS) is 21.0. The SMILES string of the molecule is O=C(NCc1ccccc1Cl)c1ccc(CN2C(=O)NC3CCCCC3C2=O)cc1. The molecular formula is C23H24ClN3O3. The van der Waals surface area contributed by atoms with E-state index in [4.69, 9.17) is 11.6 Å². The second-order valence-electron chi connectivity index (χ2n) is 7.84. The number of urea groups is 1. The maximum atomic E-state index is 12.8. The van der Waals surface area contributed by atoms with Gasteiger partial charge in [-0.1, -0.05) is 54.8 Å². The van der Waals surface area contributed by atoms with E-state index in [2.05, 4.69) is 10.6 Å². The predicted molar refractivity (Wildman–Crippen MR) is 114 cm³/mol. The van der Waals surface area contributed by atoms with E-state index >= 15 is 0 Å². The highest BCUT2D eigenvalue weighted by Gasteiger charge is 2.41. The molecule has 30 heavy (non-hydrogen) atoms. The van der Waals surface area contributed by atoms with Gasteiger partial charge in [0.25, 0.3) is 5.91 Å². The van der Waals surface area contributed by atoms with Crippen LogP contribution in [0.5, 0.6) is 0 Å². The predicted octanol–water partition coefficient (Wildman–Crippen LogP) is 3.88. The first-order valence-corrected chi connectivity index (χ1v) is 10.6. The minimum Gasteiger partial charge on any atom is -0.348 e. The Balaban J connectivity index is 1.37. The van der Waals surface area contributed by atoms with Crippen molar-refractivity contribution in [1.29, 1.82) is 0 Å². The van der Waals surface area contributed by atoms with Gasteiger partial charge < -0.3 is 10.6 Å². The van der Waals surface area contributed by atoms with Crippen LogP contribution in [0.4, 0.5) is 4.79 Å². The molecule has 2 fully saturated rings. The molecule has 1 aliphatic heterocycles. The molecule has 2 N–H and O–H groups in total. The van der Waals surface area contributed by atoms with E-state index in [0.29, 0.717) is 17.1 Å². The highest BCUT2D eigenvalue weighted by atomic mass is 35.5. The van der Waals surface area contributed by atoms with E-state index < -0.39 is 0 Å². The Morgan fingerprint density at radius 1 is 1.07 bits per heavy atom. The number of benzene rings is 2. The Hall–Kier alpha value is -2.86. The fourth-order valence-corrected chi connectivity index (χ4v) is 4.35. The molecule has 2 aromatic carbocycles. The topological polar surface area (TPSA) is 78.5 Å². The molecule has 0 radical (unpaired) electrons. The quantitative estimate of drug-likeness (QED) is 0.763. The van der Waals surface area contributed by atoms with Gasteiger partial charge in [-0.25, -0.2) is 4.79 Å². The van der Waals surface area contributed by atoms with E-state index in [1.165, 1.54) is 4.90 Å². The number of nitrogens with zero attached hydrogens (tertiary/aromatic N) is 1. The number of hydrogen-bond acceptors (Lipinski definition) is 3. The first-order chi connectivity index (χ1) is 14.5. The van der Waals surface area contributed by atoms with Gasteiger partial charge in [0.05, 0.1) is 12.5 Å². The second kappa shape index (κ2) is 8.88. The molecule has 0 spiro atoms. The average molecular weight is 426 g/mol. The van der Waals surface area contributed by atoms with Crippen LogP contribution >= 0.6 is 11.6 Å². The highest BCUT2D eigenvalue weighted by molar-refractivity contribution is 6.31. The standard InChI is InChI=1S/C23H24ClN3O3/c24-19-7-3-1-5-17(19)13-25-21(28)16-11-9-15(10-12-16)14-27-22(29)18-6-2-4-8-20(18)26-23(27)30/h1,3,5,7,9-12,18,20H,2,4,6,8,13-14H2,(H,25,28)(H,26,30). The number of rotatable bonds is 5. The number of nitrogens with one attached hydrogen (secondary N) is 2. The summed E-state index contributed by atoms with van der Waals surface area (Å²) in [6, 6.07) is 14.0. The van der Waals surface area contributed by atoms with E-state index in [9.17, 15) is 14.4 Å². The van der Waals surface area contributed by atoms with Gasteiger partial charge in [-0.2, -0.15) is 0 Å². The lowest BCUT2D eigenvalue weighted by Crippen LogP contribution is -2.60. The summed E-state index contributed by atoms with van der Waals surface area (Å²) < 4.78 is 0. The van der Waals surface area contributed by atoms with Gasteiger partial charge in [0.1, 0.15) is 0 Å². The largest absolute Gasteiger partial charge is 0.348 e. The number of carbonyl (C=O) groups excluding carboxylic acids is 3. The highest BCUT2D eigenvalue weighted by Crippen LogP contribution is 2.30. The number of carbonyl (C=O) groups is 3. The van der Waals surface area contributed by atoms with Crippen LogP contribution in [0.15, 0.2) is 48.5 Å². The fraction of sp³-hybridized carbons (Fsp3) is 0.348. The third-order valence-corrected chi connectivity index (χ3v) is 6.23. The molecule has 1 saturated carbocycles. The Bertz CT molecular complexity index is 960. The van der Waals surface area contributed by atoms with Crippen LogP contribution in [0.3, 0.4) is 0 Å². The van der Waals surface area contributed by atoms with E-state index in [-0.39, 0.29) is 36.3 Å². The van der Waals surface area contributed by atoms with Gasteiger partial charge in [-0.05, 0) is 42.2 Å². The fourth-order valence-electron chi connectivity index (χ4n) is 4.15. The van der Waals surface area contributed by atoms with Crippen LogP contribution in [0, 0.1) is 5.92 Å². The summed E-state index contributed by atoms with van der Waals surface area (Å²) in [5.74, 6) is -0.422. The van der Waals surface area contributed by atoms with Crippen molar-refractivity contribution < 1.29 is 14.4 Å². The van der Waals surface area contributed by atoms with Crippen LogP contribution in [-0.2, 0) is 17.9 Å². The number of imide groups is 1. The van der Waals surface area contributed by atoms with Gasteiger partial charge in [-0.15, -0.1) is 0 Å². The Morgan fingerprint density at radius 2 is 1.80 bits per heavy atom. The summed E-state index contributed by atoms with van der Waals surface area (Å²) in [4.78, 5) is 38.9. The van der Waals surface area contributed by atoms with Gasteiger partial charge >= 0.3 is 6.03 Å². The van der Waals surface area contributed by atoms with Crippen molar-refractivity contribution in [3.05, 3.63) is 70.2 Å². The van der Waals surface area contributed by atoms with Gasteiger partial charge in [0.2, 0.25) is 5.91 Å². The minimum atomic E-state index is -0.329. The van der Waals surface area contributed by atoms with E-state index in [0.717, 1.165) is 36.8 Å². The zero-order valence-electron chi connectivity index (χ0n) is 16.6. The van der Waals surface area contributed by atoms with Crippen molar-refractivity contribution in [2.24, 2.45) is 5.92 Å². The third kappa shape index (κ3) is 4.33. The summed E-state index contributed by atoms with van der Waals surface area (Å²) in [5, 5.41) is 6.44. The van der Waals surface area contributed by atoms with Crippen LogP contribution in [-0.4, -0.2) is 28.8 Å². The van der Waals surface area contributed by atoms with Crippen molar-refractivity contribution in [1.82, 2.24) is 15.5 Å². The summed E-state index contributed by atoms with van der Waals surface area (Å²) in [6.45, 7) is 0.542. The lowest BCUT2D eigenvalue weighted by atomic mass is 9.82. The summed E-state index contributed by atoms with van der Waals surface area (Å²) >= 11 is 6.12. The maximum absolute atomic E-state index is 12.8. The molecule has 2 aliphatic rings. The smallest absolute Gasteiger partial charge is 0.324 e. The zero-order chi connectivity index (χ0) is 21.1. The van der Waals surface area contributed by atoms with E-state index in [1.54, 1.807) is 30.3 Å². The lowest BCUT2D eigenvalue weighted by molar-refractivity contribution is -0.137. The van der Waals surface area contributed by atoms with Gasteiger partial charge in [0.15, 0.2) is 0 Å². The summed E-state index contributed by atoms with van der Waals surface area (Å²) in [7, 11) is 0. The minimum absolute atomic E-state index is 0.0285. The average Bonchev–Trinajstić information content (AvgIpc) is 2.76. The Kier molecular flexibility index (Phi) is 6.04. The van der Waals surface area contributed by atoms with Crippen molar-refractivity contribution in [3.63, 3.8) is 0 Å². The lowest BCUT2D eigenvalue weighted by Gasteiger charge is -2.40. The first-order valence-electron chi connectivity index (χ1n) is 10.3. The molecule has 2 atom stereocenters. The van der Waals surface area contributed by atoms with Crippen molar-refractivity contribution in [3.8, 4) is 0 Å². The molecule has 4 amide bonds. The number of amides is 4. The van der Waals surface area contributed by atoms with Gasteiger partial charge in [-0.3, -0.25) is 14.5 Å². The zero-order valence-corrected chi connectivity index (χ0v) is 17.3. The third-order valence-electron chi connectivity index (χ3n) is 5.86. The number of hydrogen-bond donors (Lipinski definition) is 2. The molecular weight excluding hydrogens is 402 g/mol. The molecule has 1 aliphatic carbocycles. The maximum Gasteiger partial charge on any atom is 0.324 e. The van der Waals surface area contributed by atoms with Crippen LogP contribution in [0.1, 0.15) is 47.2 Å². The molecule has 1 saturated heterocycles. The van der Waals surface area contributed by atoms with Crippen LogP contribution in [0.2, 0.25) is 5.02 Å². The van der Waals surface area contributed by atoms with Crippen molar-refractivity contribution >= 4 is 29.4 Å². The molecule has 6 nitrogen and oxygen atoms in total. The van der Waals surface area contributed by atoms with Crippen LogP contribution < -0.4 is 10.6 Å². The van der Waals surface area contributed by atoms with Crippen molar-refractivity contribution in [2.45, 2.75) is 44.8 Å². The molecule has 7 heteroatoms. The summed E-state index contributed by atoms with van der Waals surface area (Å²) in [6.07, 6.45) is 3.77. The second-order valence-corrected chi connectivity index (χ2v) is 8.25. The van der Waals surface area contributed by atoms with Gasteiger partial charge in [0, 0.05) is 23.2 Å². The number of halogens is 1. The van der Waals surface area contributed by atoms with Crippen molar-refractivity contribution in [2.75, 3.05) is 0 Å². The van der Waals surface area contributed by atoms with E-state index in [1.807, 2.05) is 18.2 Å². The summed E-state index contributed by atoms with van der Waals surface area (Å²) in [5.41, 5.74) is 2.16. The Labute approximate surface area is 180 Å². The molecule has 1 heterocycles.